The van der Waals surface area contributed by atoms with Crippen molar-refractivity contribution in [2.45, 2.75) is 25.8 Å². The number of aryl methyl sites for hydroxylation is 1. The van der Waals surface area contributed by atoms with E-state index < -0.39 is 0 Å². The average Bonchev–Trinajstić information content (AvgIpc) is 2.52. The average molecular weight is 211 g/mol. The molecule has 1 aromatic heterocycles. The minimum atomic E-state index is 0.541. The van der Waals surface area contributed by atoms with E-state index in [1.165, 1.54) is 24.9 Å². The Labute approximate surface area is 89.9 Å². The Balaban J connectivity index is 2.31. The van der Waals surface area contributed by atoms with Gasteiger partial charge in [0.2, 0.25) is 0 Å². The van der Waals surface area contributed by atoms with Crippen LogP contribution in [0.3, 0.4) is 0 Å². The van der Waals surface area contributed by atoms with Gasteiger partial charge in [-0.1, -0.05) is 17.7 Å². The van der Waals surface area contributed by atoms with Crippen molar-refractivity contribution < 1.29 is 0 Å². The highest BCUT2D eigenvalue weighted by molar-refractivity contribution is 6.29. The van der Waals surface area contributed by atoms with Crippen molar-refractivity contribution in [3.8, 4) is 0 Å². The van der Waals surface area contributed by atoms with Crippen LogP contribution in [0.25, 0.3) is 0 Å². The number of hydrogen-bond donors (Lipinski definition) is 0. The van der Waals surface area contributed by atoms with Crippen molar-refractivity contribution in [1.29, 1.82) is 0 Å². The number of hydrogen-bond acceptors (Lipinski definition) is 2. The number of pyridine rings is 1. The maximum atomic E-state index is 5.84. The second kappa shape index (κ2) is 3.87. The molecule has 76 valence electrons. The van der Waals surface area contributed by atoms with Gasteiger partial charge in [0.15, 0.2) is 0 Å². The zero-order valence-corrected chi connectivity index (χ0v) is 9.38. The third kappa shape index (κ3) is 1.77. The van der Waals surface area contributed by atoms with Crippen molar-refractivity contribution in [2.75, 3.05) is 13.6 Å². The lowest BCUT2D eigenvalue weighted by Crippen LogP contribution is -2.18. The van der Waals surface area contributed by atoms with Gasteiger partial charge >= 0.3 is 0 Å². The topological polar surface area (TPSA) is 16.1 Å². The summed E-state index contributed by atoms with van der Waals surface area (Å²) in [6.07, 6.45) is 2.52. The van der Waals surface area contributed by atoms with Gasteiger partial charge in [-0.25, -0.2) is 4.98 Å². The lowest BCUT2D eigenvalue weighted by molar-refractivity contribution is 0.316. The first-order valence-corrected chi connectivity index (χ1v) is 5.39. The zero-order chi connectivity index (χ0) is 10.1. The maximum absolute atomic E-state index is 5.84. The molecule has 0 aliphatic carbocycles. The predicted molar refractivity (Wildman–Crippen MR) is 58.6 cm³/mol. The summed E-state index contributed by atoms with van der Waals surface area (Å²) in [6.45, 7) is 3.22. The van der Waals surface area contributed by atoms with Crippen LogP contribution in [0.15, 0.2) is 12.1 Å². The maximum Gasteiger partial charge on any atom is 0.129 e. The molecular weight excluding hydrogens is 196 g/mol. The van der Waals surface area contributed by atoms with Gasteiger partial charge in [0.1, 0.15) is 5.15 Å². The Hall–Kier alpha value is -0.600. The second-order valence-electron chi connectivity index (χ2n) is 3.95. The molecule has 1 aromatic rings. The molecule has 0 N–H and O–H groups in total. The highest BCUT2D eigenvalue weighted by Crippen LogP contribution is 2.31. The number of likely N-dealkylation sites (tertiary alicyclic amines) is 1. The largest absolute Gasteiger partial charge is 0.299 e. The van der Waals surface area contributed by atoms with Gasteiger partial charge in [0.25, 0.3) is 0 Å². The van der Waals surface area contributed by atoms with Gasteiger partial charge in [-0.3, -0.25) is 4.90 Å². The van der Waals surface area contributed by atoms with Crippen molar-refractivity contribution >= 4 is 11.6 Å². The van der Waals surface area contributed by atoms with Crippen LogP contribution in [0, 0.1) is 6.92 Å². The Morgan fingerprint density at radius 2 is 2.29 bits per heavy atom. The van der Waals surface area contributed by atoms with E-state index in [0.29, 0.717) is 11.2 Å². The van der Waals surface area contributed by atoms with Gasteiger partial charge in [-0.2, -0.15) is 0 Å². The molecule has 0 saturated carbocycles. The molecule has 0 amide bonds. The molecule has 2 rings (SSSR count). The van der Waals surface area contributed by atoms with Gasteiger partial charge in [0, 0.05) is 11.7 Å². The summed E-state index contributed by atoms with van der Waals surface area (Å²) in [5.74, 6) is 0. The van der Waals surface area contributed by atoms with Crippen molar-refractivity contribution in [3.63, 3.8) is 0 Å². The number of aromatic nitrogens is 1. The minimum absolute atomic E-state index is 0.541. The van der Waals surface area contributed by atoms with Gasteiger partial charge in [0.05, 0.1) is 0 Å². The van der Waals surface area contributed by atoms with Gasteiger partial charge in [-0.15, -0.1) is 0 Å². The van der Waals surface area contributed by atoms with E-state index in [4.69, 9.17) is 11.6 Å². The molecular formula is C11H15ClN2. The molecule has 1 unspecified atom stereocenters. The summed E-state index contributed by atoms with van der Waals surface area (Å²) in [4.78, 5) is 6.68. The van der Waals surface area contributed by atoms with Crippen LogP contribution in [0.2, 0.25) is 5.15 Å². The fraction of sp³-hybridized carbons (Fsp3) is 0.545. The first-order chi connectivity index (χ1) is 6.68. The number of rotatable bonds is 1. The molecule has 1 aliphatic heterocycles. The molecule has 14 heavy (non-hydrogen) atoms. The van der Waals surface area contributed by atoms with E-state index in [1.807, 2.05) is 13.0 Å². The van der Waals surface area contributed by atoms with Crippen molar-refractivity contribution in [2.24, 2.45) is 0 Å². The second-order valence-corrected chi connectivity index (χ2v) is 4.33. The number of nitrogens with zero attached hydrogens (tertiary/aromatic N) is 2. The van der Waals surface area contributed by atoms with E-state index >= 15 is 0 Å². The highest BCUT2D eigenvalue weighted by Gasteiger charge is 2.24. The van der Waals surface area contributed by atoms with E-state index in [9.17, 15) is 0 Å². The molecule has 1 aliphatic rings. The monoisotopic (exact) mass is 210 g/mol. The van der Waals surface area contributed by atoms with Gasteiger partial charge in [-0.05, 0) is 45.0 Å². The smallest absolute Gasteiger partial charge is 0.129 e. The summed E-state index contributed by atoms with van der Waals surface area (Å²) < 4.78 is 0. The van der Waals surface area contributed by atoms with Crippen LogP contribution in [0.5, 0.6) is 0 Å². The summed E-state index contributed by atoms with van der Waals surface area (Å²) in [6, 6.07) is 4.53. The molecule has 0 spiro atoms. The molecule has 0 radical (unpaired) electrons. The highest BCUT2D eigenvalue weighted by atomic mass is 35.5. The van der Waals surface area contributed by atoms with Crippen LogP contribution < -0.4 is 0 Å². The van der Waals surface area contributed by atoms with E-state index in [1.54, 1.807) is 0 Å². The van der Waals surface area contributed by atoms with Crippen LogP contribution in [0.4, 0.5) is 0 Å². The lowest BCUT2D eigenvalue weighted by Gasteiger charge is -2.21. The molecule has 1 atom stereocenters. The van der Waals surface area contributed by atoms with Crippen LogP contribution >= 0.6 is 11.6 Å². The SMILES string of the molecule is Cc1nc(Cl)ccc1C1CCCN1C. The fourth-order valence-electron chi connectivity index (χ4n) is 2.20. The third-order valence-electron chi connectivity index (χ3n) is 2.97. The fourth-order valence-corrected chi connectivity index (χ4v) is 2.39. The number of halogens is 1. The van der Waals surface area contributed by atoms with Crippen molar-refractivity contribution in [3.05, 3.63) is 28.5 Å². The zero-order valence-electron chi connectivity index (χ0n) is 8.63. The standard InChI is InChI=1S/C11H15ClN2/c1-8-9(5-6-11(12)13-8)10-4-3-7-14(10)2/h5-6,10H,3-4,7H2,1-2H3. The Morgan fingerprint density at radius 3 is 2.86 bits per heavy atom. The molecule has 2 nitrogen and oxygen atoms in total. The first-order valence-electron chi connectivity index (χ1n) is 5.02. The lowest BCUT2D eigenvalue weighted by atomic mass is 10.0. The van der Waals surface area contributed by atoms with Crippen LogP contribution in [0.1, 0.15) is 30.1 Å². The summed E-state index contributed by atoms with van der Waals surface area (Å²) in [7, 11) is 2.17. The first kappa shape index (κ1) is 9.94. The summed E-state index contributed by atoms with van der Waals surface area (Å²) in [5.41, 5.74) is 2.39. The Bertz CT molecular complexity index is 338. The Kier molecular flexibility index (Phi) is 2.75. The summed E-state index contributed by atoms with van der Waals surface area (Å²) in [5, 5.41) is 0.590. The molecule has 1 saturated heterocycles. The van der Waals surface area contributed by atoms with E-state index in [-0.39, 0.29) is 0 Å². The molecule has 0 aromatic carbocycles. The van der Waals surface area contributed by atoms with Crippen LogP contribution in [-0.4, -0.2) is 23.5 Å². The predicted octanol–water partition coefficient (Wildman–Crippen LogP) is 2.81. The molecule has 0 bridgehead atoms. The molecule has 3 heteroatoms. The minimum Gasteiger partial charge on any atom is -0.299 e. The summed E-state index contributed by atoms with van der Waals surface area (Å²) >= 11 is 5.84. The van der Waals surface area contributed by atoms with Crippen molar-refractivity contribution in [1.82, 2.24) is 9.88 Å². The van der Waals surface area contributed by atoms with E-state index in [0.717, 1.165) is 5.69 Å². The van der Waals surface area contributed by atoms with Crippen LogP contribution in [-0.2, 0) is 0 Å². The Morgan fingerprint density at radius 1 is 1.50 bits per heavy atom. The van der Waals surface area contributed by atoms with E-state index in [2.05, 4.69) is 23.0 Å². The quantitative estimate of drug-likeness (QED) is 0.663. The van der Waals surface area contributed by atoms with Gasteiger partial charge < -0.3 is 0 Å². The normalized spacial score (nSPS) is 22.9. The molecule has 2 heterocycles. The molecule has 1 fully saturated rings. The third-order valence-corrected chi connectivity index (χ3v) is 3.18.